The number of methoxy groups -OCH3 is 2. The summed E-state index contributed by atoms with van der Waals surface area (Å²) in [5.41, 5.74) is 13.5. The summed E-state index contributed by atoms with van der Waals surface area (Å²) in [5, 5.41) is 11.1. The number of likely N-dealkylation sites (N-methyl/N-ethyl adjacent to an activating group) is 1. The van der Waals surface area contributed by atoms with Gasteiger partial charge in [0.25, 0.3) is 0 Å². The maximum Gasteiger partial charge on any atom is 0.184 e. The highest BCUT2D eigenvalue weighted by molar-refractivity contribution is 5.85. The lowest BCUT2D eigenvalue weighted by Crippen LogP contribution is -2.30. The predicted molar refractivity (Wildman–Crippen MR) is 150 cm³/mol. The molecule has 6 nitrogen and oxygen atoms in total. The molecular weight excluding hydrogens is 464 g/mol. The molecule has 0 aromatic heterocycles. The zero-order chi connectivity index (χ0) is 26.5. The average Bonchev–Trinajstić information content (AvgIpc) is 2.90. The lowest BCUT2D eigenvalue weighted by molar-refractivity contribution is 0.208. The Morgan fingerprint density at radius 3 is 2.41 bits per heavy atom. The first-order valence-electron chi connectivity index (χ1n) is 13.1. The van der Waals surface area contributed by atoms with E-state index < -0.39 is 0 Å². The highest BCUT2D eigenvalue weighted by atomic mass is 16.5. The lowest BCUT2D eigenvalue weighted by atomic mass is 9.83. The summed E-state index contributed by atoms with van der Waals surface area (Å²) in [4.78, 5) is 2.26. The highest BCUT2D eigenvalue weighted by Crippen LogP contribution is 2.47. The van der Waals surface area contributed by atoms with Gasteiger partial charge in [-0.15, -0.1) is 0 Å². The second-order valence-electron chi connectivity index (χ2n) is 10.1. The lowest BCUT2D eigenvalue weighted by Gasteiger charge is -2.24. The van der Waals surface area contributed by atoms with Crippen molar-refractivity contribution in [2.45, 2.75) is 52.0 Å². The fourth-order valence-corrected chi connectivity index (χ4v) is 5.06. The molecule has 0 radical (unpaired) electrons. The van der Waals surface area contributed by atoms with Gasteiger partial charge in [0.1, 0.15) is 18.1 Å². The second-order valence-corrected chi connectivity index (χ2v) is 10.1. The third kappa shape index (κ3) is 5.80. The smallest absolute Gasteiger partial charge is 0.184 e. The van der Waals surface area contributed by atoms with Crippen molar-refractivity contribution in [3.05, 3.63) is 64.7 Å². The second kappa shape index (κ2) is 11.8. The number of phenols is 1. The molecule has 3 aromatic carbocycles. The first kappa shape index (κ1) is 26.7. The van der Waals surface area contributed by atoms with E-state index >= 15 is 0 Å². The van der Waals surface area contributed by atoms with Crippen LogP contribution in [0.1, 0.15) is 48.9 Å². The molecule has 3 N–H and O–H groups in total. The standard InChI is InChI=1S/C31H40N2O4/c1-20(2)33(3)16-17-37-23-13-10-21(11-14-23)18-26-25(19-28(35-4)31(36-5)30(26)32)29-24-9-7-6-8-22(24)12-15-27(29)34/h10-15,19-20,34H,6-9,16-18,32H2,1-5H3. The summed E-state index contributed by atoms with van der Waals surface area (Å²) in [7, 11) is 5.31. The topological polar surface area (TPSA) is 77.2 Å². The fraction of sp³-hybridized carbons (Fsp3) is 0.419. The Morgan fingerprint density at radius 2 is 1.73 bits per heavy atom. The maximum atomic E-state index is 11.1. The minimum atomic E-state index is 0.267. The number of aryl methyl sites for hydroxylation is 1. The van der Waals surface area contributed by atoms with Crippen molar-refractivity contribution in [2.24, 2.45) is 0 Å². The molecule has 0 aliphatic heterocycles. The van der Waals surface area contributed by atoms with Crippen LogP contribution in [0.5, 0.6) is 23.0 Å². The molecule has 0 saturated carbocycles. The van der Waals surface area contributed by atoms with Crippen LogP contribution in [0.2, 0.25) is 0 Å². The maximum absolute atomic E-state index is 11.1. The zero-order valence-corrected chi connectivity index (χ0v) is 22.8. The summed E-state index contributed by atoms with van der Waals surface area (Å²) in [5.74, 6) is 2.18. The summed E-state index contributed by atoms with van der Waals surface area (Å²) < 4.78 is 17.2. The fourth-order valence-electron chi connectivity index (χ4n) is 5.06. The Kier molecular flexibility index (Phi) is 8.49. The number of rotatable bonds is 10. The molecule has 0 saturated heterocycles. The molecule has 37 heavy (non-hydrogen) atoms. The predicted octanol–water partition coefficient (Wildman–Crippen LogP) is 5.85. The van der Waals surface area contributed by atoms with Crippen LogP contribution in [0.25, 0.3) is 11.1 Å². The number of aromatic hydroxyl groups is 1. The number of fused-ring (bicyclic) bond motifs is 1. The van der Waals surface area contributed by atoms with E-state index in [4.69, 9.17) is 19.9 Å². The molecule has 4 rings (SSSR count). The van der Waals surface area contributed by atoms with Gasteiger partial charge in [-0.2, -0.15) is 0 Å². The number of benzene rings is 3. The number of nitrogen functional groups attached to an aromatic ring is 1. The van der Waals surface area contributed by atoms with Crippen LogP contribution < -0.4 is 19.9 Å². The molecular formula is C31H40N2O4. The average molecular weight is 505 g/mol. The molecule has 0 heterocycles. The molecule has 0 atom stereocenters. The van der Waals surface area contributed by atoms with Gasteiger partial charge in [0.15, 0.2) is 11.5 Å². The number of phenolic OH excluding ortho intramolecular Hbond substituents is 1. The van der Waals surface area contributed by atoms with Crippen molar-refractivity contribution >= 4 is 5.69 Å². The molecule has 0 unspecified atom stereocenters. The first-order valence-corrected chi connectivity index (χ1v) is 13.1. The molecule has 3 aromatic rings. The normalized spacial score (nSPS) is 13.1. The number of hydrogen-bond donors (Lipinski definition) is 2. The van der Waals surface area contributed by atoms with E-state index in [0.29, 0.717) is 36.3 Å². The van der Waals surface area contributed by atoms with Gasteiger partial charge in [-0.25, -0.2) is 0 Å². The largest absolute Gasteiger partial charge is 0.507 e. The van der Waals surface area contributed by atoms with Crippen LogP contribution in [0.4, 0.5) is 5.69 Å². The Labute approximate surface area is 221 Å². The van der Waals surface area contributed by atoms with Gasteiger partial charge in [0.05, 0.1) is 19.9 Å². The summed E-state index contributed by atoms with van der Waals surface area (Å²) in [6, 6.07) is 14.4. The van der Waals surface area contributed by atoms with Crippen molar-refractivity contribution in [1.29, 1.82) is 0 Å². The SMILES string of the molecule is COc1cc(-c2c(O)ccc3c2CCCC3)c(Cc2ccc(OCCN(C)C(C)C)cc2)c(N)c1OC. The van der Waals surface area contributed by atoms with Crippen LogP contribution in [0.3, 0.4) is 0 Å². The summed E-state index contributed by atoms with van der Waals surface area (Å²) >= 11 is 0. The van der Waals surface area contributed by atoms with Crippen LogP contribution in [0.15, 0.2) is 42.5 Å². The van der Waals surface area contributed by atoms with E-state index in [9.17, 15) is 5.11 Å². The van der Waals surface area contributed by atoms with E-state index in [1.54, 1.807) is 20.3 Å². The Balaban J connectivity index is 1.69. The minimum Gasteiger partial charge on any atom is -0.507 e. The Hall–Kier alpha value is -3.38. The van der Waals surface area contributed by atoms with Crippen molar-refractivity contribution in [2.75, 3.05) is 40.2 Å². The zero-order valence-electron chi connectivity index (χ0n) is 22.8. The third-order valence-electron chi connectivity index (χ3n) is 7.50. The van der Waals surface area contributed by atoms with Crippen molar-refractivity contribution in [1.82, 2.24) is 4.90 Å². The minimum absolute atomic E-state index is 0.267. The molecule has 0 fully saturated rings. The Morgan fingerprint density at radius 1 is 1.00 bits per heavy atom. The van der Waals surface area contributed by atoms with Crippen LogP contribution in [-0.4, -0.2) is 50.5 Å². The van der Waals surface area contributed by atoms with E-state index in [1.807, 2.05) is 18.2 Å². The van der Waals surface area contributed by atoms with E-state index in [0.717, 1.165) is 53.8 Å². The molecule has 198 valence electrons. The molecule has 1 aliphatic carbocycles. The van der Waals surface area contributed by atoms with E-state index in [2.05, 4.69) is 44.0 Å². The first-order chi connectivity index (χ1) is 17.8. The van der Waals surface area contributed by atoms with E-state index in [-0.39, 0.29) is 5.75 Å². The summed E-state index contributed by atoms with van der Waals surface area (Å²) in [6.07, 6.45) is 4.82. The summed E-state index contributed by atoms with van der Waals surface area (Å²) in [6.45, 7) is 5.86. The number of hydrogen-bond acceptors (Lipinski definition) is 6. The van der Waals surface area contributed by atoms with Gasteiger partial charge < -0.3 is 30.0 Å². The monoisotopic (exact) mass is 504 g/mol. The molecule has 6 heteroatoms. The van der Waals surface area contributed by atoms with Gasteiger partial charge in [-0.1, -0.05) is 18.2 Å². The van der Waals surface area contributed by atoms with Crippen LogP contribution in [-0.2, 0) is 19.3 Å². The van der Waals surface area contributed by atoms with Gasteiger partial charge in [-0.3, -0.25) is 0 Å². The number of nitrogens with zero attached hydrogens (tertiary/aromatic N) is 1. The number of anilines is 1. The quantitative estimate of drug-likeness (QED) is 0.338. The van der Waals surface area contributed by atoms with Gasteiger partial charge >= 0.3 is 0 Å². The number of nitrogens with two attached hydrogens (primary N) is 1. The van der Waals surface area contributed by atoms with Crippen molar-refractivity contribution in [3.8, 4) is 34.1 Å². The molecule has 1 aliphatic rings. The number of ether oxygens (including phenoxy) is 3. The highest BCUT2D eigenvalue weighted by Gasteiger charge is 2.24. The van der Waals surface area contributed by atoms with Crippen LogP contribution in [0, 0.1) is 0 Å². The molecule has 0 amide bonds. The van der Waals surface area contributed by atoms with E-state index in [1.165, 1.54) is 17.5 Å². The van der Waals surface area contributed by atoms with Gasteiger partial charge in [0.2, 0.25) is 0 Å². The van der Waals surface area contributed by atoms with Crippen LogP contribution >= 0.6 is 0 Å². The van der Waals surface area contributed by atoms with Crippen molar-refractivity contribution < 1.29 is 19.3 Å². The third-order valence-corrected chi connectivity index (χ3v) is 7.50. The molecule has 0 spiro atoms. The Bertz CT molecular complexity index is 1220. The van der Waals surface area contributed by atoms with Gasteiger partial charge in [-0.05, 0) is 98.7 Å². The van der Waals surface area contributed by atoms with Gasteiger partial charge in [0, 0.05) is 24.6 Å². The van der Waals surface area contributed by atoms with Crippen molar-refractivity contribution in [3.63, 3.8) is 0 Å². The molecule has 0 bridgehead atoms.